The molecule has 6 nitrogen and oxygen atoms in total. The molecule has 2 aromatic heterocycles. The Morgan fingerprint density at radius 3 is 1.43 bits per heavy atom. The Labute approximate surface area is 131 Å². The van der Waals surface area contributed by atoms with Crippen LogP contribution >= 0.6 is 0 Å². The first-order chi connectivity index (χ1) is 9.51. The second-order valence-electron chi connectivity index (χ2n) is 3.82. The van der Waals surface area contributed by atoms with Gasteiger partial charge in [-0.25, -0.2) is 0 Å². The number of hydrogen-bond donors (Lipinski definition) is 2. The summed E-state index contributed by atoms with van der Waals surface area (Å²) in [4.78, 5) is 21.4. The molecule has 2 N–H and O–H groups in total. The third-order valence-corrected chi connectivity index (χ3v) is 2.50. The van der Waals surface area contributed by atoms with Gasteiger partial charge in [-0.1, -0.05) is 13.8 Å². The molecule has 0 aliphatic heterocycles. The molecule has 2 aromatic rings. The van der Waals surface area contributed by atoms with Gasteiger partial charge in [-0.3, -0.25) is 9.59 Å². The first-order valence-electron chi connectivity index (χ1n) is 6.10. The summed E-state index contributed by atoms with van der Waals surface area (Å²) < 4.78 is 9.68. The molecule has 0 saturated carbocycles. The van der Waals surface area contributed by atoms with Crippen molar-refractivity contribution in [3.05, 3.63) is 56.6 Å². The van der Waals surface area contributed by atoms with Crippen LogP contribution in [0.25, 0.3) is 0 Å². The van der Waals surface area contributed by atoms with Gasteiger partial charge in [0.25, 0.3) is 0 Å². The zero-order valence-electron chi connectivity index (χ0n) is 11.6. The maximum atomic E-state index is 10.7. The third kappa shape index (κ3) is 5.13. The van der Waals surface area contributed by atoms with Gasteiger partial charge in [-0.05, 0) is 0 Å². The van der Waals surface area contributed by atoms with Gasteiger partial charge < -0.3 is 19.0 Å². The van der Waals surface area contributed by atoms with Crippen LogP contribution in [0.1, 0.15) is 25.4 Å². The predicted molar refractivity (Wildman–Crippen MR) is 72.0 cm³/mol. The molecule has 0 aliphatic carbocycles. The fourth-order valence-electron chi connectivity index (χ4n) is 1.40. The zero-order valence-corrected chi connectivity index (χ0v) is 12.5. The van der Waals surface area contributed by atoms with Crippen molar-refractivity contribution in [2.75, 3.05) is 0 Å². The van der Waals surface area contributed by atoms with E-state index in [1.807, 2.05) is 0 Å². The summed E-state index contributed by atoms with van der Waals surface area (Å²) in [6.45, 7) is 3.61. The normalized spacial score (nSPS) is 9.24. The molecule has 0 aromatic carbocycles. The van der Waals surface area contributed by atoms with Gasteiger partial charge in [0.2, 0.25) is 22.4 Å². The van der Waals surface area contributed by atoms with Crippen LogP contribution in [-0.2, 0) is 29.9 Å². The summed E-state index contributed by atoms with van der Waals surface area (Å²) in [6.07, 6.45) is 3.62. The van der Waals surface area contributed by atoms with Gasteiger partial charge in [0.05, 0.1) is 12.5 Å². The predicted octanol–water partition coefficient (Wildman–Crippen LogP) is 1.81. The molecular formula is C14H16CuO6. The van der Waals surface area contributed by atoms with Crippen LogP contribution in [0.5, 0.6) is 11.5 Å². The van der Waals surface area contributed by atoms with E-state index in [4.69, 9.17) is 19.0 Å². The van der Waals surface area contributed by atoms with E-state index in [1.54, 1.807) is 13.8 Å². The summed E-state index contributed by atoms with van der Waals surface area (Å²) in [5.74, 6) is 0.134. The minimum absolute atomic E-state index is 0. The average Bonchev–Trinajstić information content (AvgIpc) is 2.45. The Balaban J connectivity index is 0.000000364. The van der Waals surface area contributed by atoms with Crippen molar-refractivity contribution in [3.8, 4) is 11.5 Å². The number of rotatable bonds is 2. The van der Waals surface area contributed by atoms with Crippen LogP contribution < -0.4 is 10.9 Å². The smallest absolute Gasteiger partial charge is 0.226 e. The molecule has 0 fully saturated rings. The zero-order chi connectivity index (χ0) is 15.1. The summed E-state index contributed by atoms with van der Waals surface area (Å²) in [5.41, 5.74) is -0.772. The first kappa shape index (κ1) is 19.0. The van der Waals surface area contributed by atoms with Crippen LogP contribution in [0.2, 0.25) is 0 Å². The van der Waals surface area contributed by atoms with Crippen molar-refractivity contribution in [1.29, 1.82) is 0 Å². The molecule has 0 aliphatic rings. The van der Waals surface area contributed by atoms with Gasteiger partial charge in [0.1, 0.15) is 11.5 Å². The molecule has 119 valence electrons. The van der Waals surface area contributed by atoms with E-state index in [-0.39, 0.29) is 39.4 Å². The van der Waals surface area contributed by atoms with E-state index in [9.17, 15) is 9.59 Å². The monoisotopic (exact) mass is 343 g/mol. The fraction of sp³-hybridized carbons (Fsp3) is 0.286. The van der Waals surface area contributed by atoms with E-state index in [1.165, 1.54) is 24.7 Å². The topological polar surface area (TPSA) is 101 Å². The van der Waals surface area contributed by atoms with Crippen molar-refractivity contribution < 1.29 is 36.1 Å². The van der Waals surface area contributed by atoms with Gasteiger partial charge >= 0.3 is 0 Å². The molecule has 0 spiro atoms. The van der Waals surface area contributed by atoms with Crippen molar-refractivity contribution in [2.45, 2.75) is 26.7 Å². The van der Waals surface area contributed by atoms with Crippen LogP contribution in [0, 0.1) is 0 Å². The van der Waals surface area contributed by atoms with Crippen molar-refractivity contribution in [3.63, 3.8) is 0 Å². The summed E-state index contributed by atoms with van der Waals surface area (Å²) in [5, 5.41) is 18.0. The van der Waals surface area contributed by atoms with E-state index in [0.717, 1.165) is 0 Å². The van der Waals surface area contributed by atoms with Gasteiger partial charge in [0, 0.05) is 42.0 Å². The standard InChI is InChI=1S/2C7H8O3.Cu/c2*1-2-6-7(9)5(8)3-4-10-6;/h2*3-4,9H,2H2,1H3;. The number of hydrogen-bond acceptors (Lipinski definition) is 6. The van der Waals surface area contributed by atoms with Gasteiger partial charge in [-0.15, -0.1) is 0 Å². The quantitative estimate of drug-likeness (QED) is 0.806. The Morgan fingerprint density at radius 2 is 1.19 bits per heavy atom. The largest absolute Gasteiger partial charge is 0.502 e. The first-order valence-corrected chi connectivity index (χ1v) is 6.10. The van der Waals surface area contributed by atoms with Crippen molar-refractivity contribution in [1.82, 2.24) is 0 Å². The maximum absolute atomic E-state index is 10.7. The Bertz CT molecular complexity index is 614. The maximum Gasteiger partial charge on any atom is 0.226 e. The molecule has 2 rings (SSSR count). The molecule has 0 unspecified atom stereocenters. The molecule has 0 amide bonds. The molecular weight excluding hydrogens is 328 g/mol. The summed E-state index contributed by atoms with van der Waals surface area (Å²) in [7, 11) is 0. The molecule has 1 radical (unpaired) electrons. The molecule has 0 atom stereocenters. The summed E-state index contributed by atoms with van der Waals surface area (Å²) >= 11 is 0. The van der Waals surface area contributed by atoms with Crippen LogP contribution in [0.3, 0.4) is 0 Å². The van der Waals surface area contributed by atoms with E-state index < -0.39 is 0 Å². The third-order valence-electron chi connectivity index (χ3n) is 2.50. The molecule has 2 heterocycles. The molecule has 0 saturated heterocycles. The Hall–Kier alpha value is -1.98. The van der Waals surface area contributed by atoms with Gasteiger partial charge in [0.15, 0.2) is 0 Å². The minimum Gasteiger partial charge on any atom is -0.502 e. The van der Waals surface area contributed by atoms with E-state index >= 15 is 0 Å². The number of aryl methyl sites for hydroxylation is 2. The van der Waals surface area contributed by atoms with Crippen molar-refractivity contribution >= 4 is 0 Å². The second kappa shape index (κ2) is 9.05. The molecule has 7 heteroatoms. The average molecular weight is 344 g/mol. The van der Waals surface area contributed by atoms with Crippen LogP contribution in [-0.4, -0.2) is 10.2 Å². The van der Waals surface area contributed by atoms with Crippen LogP contribution in [0.15, 0.2) is 43.1 Å². The SMILES string of the molecule is CCc1occc(=O)c1O.CCc1occc(=O)c1O.[Cu]. The molecule has 21 heavy (non-hydrogen) atoms. The second-order valence-corrected chi connectivity index (χ2v) is 3.82. The fourth-order valence-corrected chi connectivity index (χ4v) is 1.40. The minimum atomic E-state index is -0.386. The Morgan fingerprint density at radius 1 is 0.857 bits per heavy atom. The van der Waals surface area contributed by atoms with Gasteiger partial charge in [-0.2, -0.15) is 0 Å². The van der Waals surface area contributed by atoms with Crippen molar-refractivity contribution in [2.24, 2.45) is 0 Å². The van der Waals surface area contributed by atoms with E-state index in [2.05, 4.69) is 0 Å². The van der Waals surface area contributed by atoms with Crippen LogP contribution in [0.4, 0.5) is 0 Å². The Kier molecular flexibility index (Phi) is 8.19. The number of aromatic hydroxyl groups is 2. The summed E-state index contributed by atoms with van der Waals surface area (Å²) in [6, 6.07) is 2.38. The molecule has 0 bridgehead atoms. The van der Waals surface area contributed by atoms with E-state index in [0.29, 0.717) is 24.4 Å².